The van der Waals surface area contributed by atoms with Gasteiger partial charge in [0.25, 0.3) is 5.91 Å². The molecule has 122 valence electrons. The number of hydrogen-bond donors (Lipinski definition) is 1. The zero-order chi connectivity index (χ0) is 16.7. The predicted octanol–water partition coefficient (Wildman–Crippen LogP) is 3.62. The second-order valence-corrected chi connectivity index (χ2v) is 6.74. The highest BCUT2D eigenvalue weighted by molar-refractivity contribution is 6.31. The lowest BCUT2D eigenvalue weighted by Crippen LogP contribution is -2.46. The molecule has 1 fully saturated rings. The summed E-state index contributed by atoms with van der Waals surface area (Å²) in [6.07, 6.45) is 2.45. The van der Waals surface area contributed by atoms with Crippen molar-refractivity contribution >= 4 is 23.5 Å². The van der Waals surface area contributed by atoms with Gasteiger partial charge in [0.05, 0.1) is 6.54 Å². The minimum Gasteiger partial charge on any atom is -0.319 e. The molecule has 0 aromatic heterocycles. The highest BCUT2D eigenvalue weighted by atomic mass is 35.5. The van der Waals surface area contributed by atoms with Crippen LogP contribution in [-0.4, -0.2) is 16.8 Å². The third-order valence-corrected chi connectivity index (χ3v) is 5.31. The summed E-state index contributed by atoms with van der Waals surface area (Å²) in [6.45, 7) is 0.189. The van der Waals surface area contributed by atoms with Gasteiger partial charge in [-0.15, -0.1) is 0 Å². The van der Waals surface area contributed by atoms with Gasteiger partial charge in [-0.05, 0) is 42.0 Å². The van der Waals surface area contributed by atoms with Crippen molar-refractivity contribution in [1.29, 1.82) is 0 Å². The monoisotopic (exact) mass is 340 g/mol. The Morgan fingerprint density at radius 2 is 1.83 bits per heavy atom. The number of carbonyl (C=O) groups is 2. The quantitative estimate of drug-likeness (QED) is 0.849. The standard InChI is InChI=1S/C19H17ClN2O2/c20-16-10-4-2-7-14(16)12-22-17(23)19(21-18(22)24)11-5-8-13-6-1-3-9-15(13)19/h1-4,6-7,9-10H,5,8,11-12H2,(H,21,24)/t19-/m1/s1. The van der Waals surface area contributed by atoms with Gasteiger partial charge in [0, 0.05) is 5.02 Å². The smallest absolute Gasteiger partial charge is 0.319 e. The molecule has 4 rings (SSSR count). The number of halogens is 1. The van der Waals surface area contributed by atoms with Gasteiger partial charge >= 0.3 is 6.03 Å². The molecule has 24 heavy (non-hydrogen) atoms. The second kappa shape index (κ2) is 5.64. The van der Waals surface area contributed by atoms with E-state index >= 15 is 0 Å². The lowest BCUT2D eigenvalue weighted by atomic mass is 9.76. The molecule has 1 atom stereocenters. The number of fused-ring (bicyclic) bond motifs is 2. The van der Waals surface area contributed by atoms with Crippen molar-refractivity contribution in [1.82, 2.24) is 10.2 Å². The molecule has 1 N–H and O–H groups in total. The van der Waals surface area contributed by atoms with Gasteiger partial charge in [-0.25, -0.2) is 4.79 Å². The molecule has 1 spiro atoms. The van der Waals surface area contributed by atoms with E-state index in [1.807, 2.05) is 42.5 Å². The van der Waals surface area contributed by atoms with E-state index in [0.29, 0.717) is 11.4 Å². The topological polar surface area (TPSA) is 49.4 Å². The Kier molecular flexibility index (Phi) is 3.57. The average molecular weight is 341 g/mol. The fourth-order valence-corrected chi connectivity index (χ4v) is 3.95. The van der Waals surface area contributed by atoms with Crippen molar-refractivity contribution in [3.63, 3.8) is 0 Å². The van der Waals surface area contributed by atoms with E-state index in [1.165, 1.54) is 4.90 Å². The number of amides is 3. The van der Waals surface area contributed by atoms with Crippen LogP contribution >= 0.6 is 11.6 Å². The number of carbonyl (C=O) groups excluding carboxylic acids is 2. The summed E-state index contributed by atoms with van der Waals surface area (Å²) in [5, 5.41) is 3.52. The molecule has 1 aliphatic carbocycles. The maximum Gasteiger partial charge on any atom is 0.325 e. The molecular formula is C19H17ClN2O2. The summed E-state index contributed by atoms with van der Waals surface area (Å²) in [7, 11) is 0. The Morgan fingerprint density at radius 3 is 2.67 bits per heavy atom. The molecule has 3 amide bonds. The second-order valence-electron chi connectivity index (χ2n) is 6.33. The van der Waals surface area contributed by atoms with Gasteiger partial charge in [0.1, 0.15) is 5.54 Å². The van der Waals surface area contributed by atoms with Crippen molar-refractivity contribution in [2.24, 2.45) is 0 Å². The fraction of sp³-hybridized carbons (Fsp3) is 0.263. The SMILES string of the molecule is O=C1N[C@@]2(CCCc3ccccc32)C(=O)N1Cc1ccccc1Cl. The van der Waals surface area contributed by atoms with Gasteiger partial charge < -0.3 is 5.32 Å². The number of hydrogen-bond acceptors (Lipinski definition) is 2. The van der Waals surface area contributed by atoms with Crippen LogP contribution in [0.1, 0.15) is 29.5 Å². The third-order valence-electron chi connectivity index (χ3n) is 4.94. The van der Waals surface area contributed by atoms with Gasteiger partial charge in [0.15, 0.2) is 0 Å². The summed E-state index contributed by atoms with van der Waals surface area (Å²) in [5.74, 6) is -0.181. The first-order valence-corrected chi connectivity index (χ1v) is 8.45. The van der Waals surface area contributed by atoms with Crippen LogP contribution in [0.3, 0.4) is 0 Å². The van der Waals surface area contributed by atoms with Crippen molar-refractivity contribution in [2.45, 2.75) is 31.3 Å². The van der Waals surface area contributed by atoms with Crippen LogP contribution in [0, 0.1) is 0 Å². The minimum atomic E-state index is -0.923. The molecule has 1 saturated heterocycles. The van der Waals surface area contributed by atoms with Crippen LogP contribution in [-0.2, 0) is 23.3 Å². The van der Waals surface area contributed by atoms with E-state index in [0.717, 1.165) is 29.5 Å². The number of aryl methyl sites for hydroxylation is 1. The highest BCUT2D eigenvalue weighted by Crippen LogP contribution is 2.40. The number of rotatable bonds is 2. The van der Waals surface area contributed by atoms with Crippen LogP contribution in [0.15, 0.2) is 48.5 Å². The number of nitrogens with one attached hydrogen (secondary N) is 1. The summed E-state index contributed by atoms with van der Waals surface area (Å²) in [4.78, 5) is 27.0. The molecular weight excluding hydrogens is 324 g/mol. The zero-order valence-corrected chi connectivity index (χ0v) is 13.8. The maximum atomic E-state index is 13.2. The number of imide groups is 1. The summed E-state index contributed by atoms with van der Waals surface area (Å²) < 4.78 is 0. The predicted molar refractivity (Wildman–Crippen MR) is 91.6 cm³/mol. The van der Waals surface area contributed by atoms with Gasteiger partial charge in [-0.3, -0.25) is 9.69 Å². The molecule has 0 saturated carbocycles. The average Bonchev–Trinajstić information content (AvgIpc) is 2.82. The van der Waals surface area contributed by atoms with Crippen LogP contribution < -0.4 is 5.32 Å². The van der Waals surface area contributed by atoms with E-state index in [-0.39, 0.29) is 18.5 Å². The van der Waals surface area contributed by atoms with E-state index in [2.05, 4.69) is 5.32 Å². The zero-order valence-electron chi connectivity index (χ0n) is 13.1. The number of benzene rings is 2. The molecule has 2 aromatic rings. The number of nitrogens with zero attached hydrogens (tertiary/aromatic N) is 1. The van der Waals surface area contributed by atoms with Crippen molar-refractivity contribution in [2.75, 3.05) is 0 Å². The molecule has 2 aliphatic rings. The molecule has 2 aromatic carbocycles. The largest absolute Gasteiger partial charge is 0.325 e. The molecule has 0 radical (unpaired) electrons. The van der Waals surface area contributed by atoms with Crippen molar-refractivity contribution < 1.29 is 9.59 Å². The minimum absolute atomic E-state index is 0.181. The van der Waals surface area contributed by atoms with E-state index in [4.69, 9.17) is 11.6 Å². The first kappa shape index (κ1) is 15.2. The maximum absolute atomic E-state index is 13.2. The van der Waals surface area contributed by atoms with E-state index < -0.39 is 5.54 Å². The Bertz CT molecular complexity index is 836. The fourth-order valence-electron chi connectivity index (χ4n) is 3.75. The summed E-state index contributed by atoms with van der Waals surface area (Å²) in [5.41, 5.74) is 1.91. The molecule has 4 nitrogen and oxygen atoms in total. The van der Waals surface area contributed by atoms with E-state index in [1.54, 1.807) is 6.07 Å². The van der Waals surface area contributed by atoms with Gasteiger partial charge in [-0.2, -0.15) is 0 Å². The van der Waals surface area contributed by atoms with Gasteiger partial charge in [-0.1, -0.05) is 54.1 Å². The van der Waals surface area contributed by atoms with Crippen molar-refractivity contribution in [3.05, 3.63) is 70.2 Å². The number of urea groups is 1. The molecule has 0 bridgehead atoms. The molecule has 1 heterocycles. The molecule has 0 unspecified atom stereocenters. The Labute approximate surface area is 145 Å². The van der Waals surface area contributed by atoms with E-state index in [9.17, 15) is 9.59 Å². The first-order chi connectivity index (χ1) is 11.6. The van der Waals surface area contributed by atoms with Crippen molar-refractivity contribution in [3.8, 4) is 0 Å². The summed E-state index contributed by atoms with van der Waals surface area (Å²) >= 11 is 6.19. The highest BCUT2D eigenvalue weighted by Gasteiger charge is 2.53. The lowest BCUT2D eigenvalue weighted by Gasteiger charge is -2.33. The van der Waals surface area contributed by atoms with Crippen LogP contribution in [0.2, 0.25) is 5.02 Å². The first-order valence-electron chi connectivity index (χ1n) is 8.08. The molecule has 5 heteroatoms. The van der Waals surface area contributed by atoms with Crippen LogP contribution in [0.4, 0.5) is 4.79 Å². The van der Waals surface area contributed by atoms with Crippen LogP contribution in [0.5, 0.6) is 0 Å². The third kappa shape index (κ3) is 2.21. The Morgan fingerprint density at radius 1 is 1.08 bits per heavy atom. The van der Waals surface area contributed by atoms with Crippen LogP contribution in [0.25, 0.3) is 0 Å². The summed E-state index contributed by atoms with van der Waals surface area (Å²) in [6, 6.07) is 14.8. The molecule has 1 aliphatic heterocycles. The normalized spacial score (nSPS) is 22.6. The Hall–Kier alpha value is -2.33. The van der Waals surface area contributed by atoms with Gasteiger partial charge in [0.2, 0.25) is 0 Å². The lowest BCUT2D eigenvalue weighted by molar-refractivity contribution is -0.132. The Balaban J connectivity index is 1.71.